The summed E-state index contributed by atoms with van der Waals surface area (Å²) in [6.07, 6.45) is 2.82. The van der Waals surface area contributed by atoms with Crippen LogP contribution in [0, 0.1) is 12.7 Å². The lowest BCUT2D eigenvalue weighted by molar-refractivity contribution is 0.0950. The monoisotopic (exact) mass is 366 g/mol. The lowest BCUT2D eigenvalue weighted by Gasteiger charge is -2.11. The first-order chi connectivity index (χ1) is 13.1. The second kappa shape index (κ2) is 8.27. The first-order valence-electron chi connectivity index (χ1n) is 8.32. The predicted octanol–water partition coefficient (Wildman–Crippen LogP) is 3.61. The third-order valence-corrected chi connectivity index (χ3v) is 3.91. The topological polar surface area (TPSA) is 76.1 Å². The first-order valence-corrected chi connectivity index (χ1v) is 8.32. The molecule has 0 unspecified atom stereocenters. The molecular formula is C20H19FN4O2. The molecule has 1 aromatic heterocycles. The molecule has 3 rings (SSSR count). The zero-order valence-electron chi connectivity index (χ0n) is 15.0. The van der Waals surface area contributed by atoms with Crippen LogP contribution in [-0.4, -0.2) is 23.0 Å². The maximum atomic E-state index is 13.6. The highest BCUT2D eigenvalue weighted by Crippen LogP contribution is 2.27. The van der Waals surface area contributed by atoms with Gasteiger partial charge in [0.2, 0.25) is 5.95 Å². The van der Waals surface area contributed by atoms with Crippen molar-refractivity contribution < 1.29 is 13.9 Å². The molecule has 0 aliphatic heterocycles. The molecule has 0 bridgehead atoms. The molecule has 0 atom stereocenters. The van der Waals surface area contributed by atoms with Gasteiger partial charge in [0.1, 0.15) is 11.6 Å². The van der Waals surface area contributed by atoms with Crippen molar-refractivity contribution in [2.45, 2.75) is 13.5 Å². The van der Waals surface area contributed by atoms with E-state index in [2.05, 4.69) is 20.6 Å². The van der Waals surface area contributed by atoms with Gasteiger partial charge in [0.25, 0.3) is 5.91 Å². The number of halogens is 1. The summed E-state index contributed by atoms with van der Waals surface area (Å²) in [6, 6.07) is 12.0. The number of nitrogens with zero attached hydrogens (tertiary/aromatic N) is 2. The minimum absolute atomic E-state index is 0.0893. The summed E-state index contributed by atoms with van der Waals surface area (Å²) in [5.74, 6) is 0.263. The zero-order valence-corrected chi connectivity index (χ0v) is 15.0. The summed E-state index contributed by atoms with van der Waals surface area (Å²) in [4.78, 5) is 20.5. The zero-order chi connectivity index (χ0) is 19.2. The quantitative estimate of drug-likeness (QED) is 0.697. The normalized spacial score (nSPS) is 10.3. The molecular weight excluding hydrogens is 347 g/mol. The highest BCUT2D eigenvalue weighted by molar-refractivity contribution is 5.93. The van der Waals surface area contributed by atoms with Crippen LogP contribution in [0.3, 0.4) is 0 Å². The fourth-order valence-corrected chi connectivity index (χ4v) is 2.47. The molecule has 0 saturated heterocycles. The van der Waals surface area contributed by atoms with Crippen molar-refractivity contribution in [1.82, 2.24) is 15.3 Å². The lowest BCUT2D eigenvalue weighted by atomic mass is 10.2. The van der Waals surface area contributed by atoms with Gasteiger partial charge in [-0.1, -0.05) is 24.3 Å². The molecule has 138 valence electrons. The number of benzene rings is 2. The van der Waals surface area contributed by atoms with Crippen LogP contribution in [0.1, 0.15) is 21.5 Å². The van der Waals surface area contributed by atoms with Crippen LogP contribution in [0.25, 0.3) is 0 Å². The average molecular weight is 366 g/mol. The maximum Gasteiger partial charge on any atom is 0.254 e. The summed E-state index contributed by atoms with van der Waals surface area (Å²) < 4.78 is 18.9. The molecule has 0 aliphatic carbocycles. The van der Waals surface area contributed by atoms with Crippen molar-refractivity contribution in [2.24, 2.45) is 0 Å². The highest BCUT2D eigenvalue weighted by Gasteiger charge is 2.10. The molecule has 0 spiro atoms. The minimum Gasteiger partial charge on any atom is -0.495 e. The Balaban J connectivity index is 1.65. The van der Waals surface area contributed by atoms with Gasteiger partial charge in [-0.15, -0.1) is 0 Å². The Kier molecular flexibility index (Phi) is 5.61. The minimum atomic E-state index is -0.377. The van der Waals surface area contributed by atoms with E-state index >= 15 is 0 Å². The number of carbonyl (C=O) groups is 1. The van der Waals surface area contributed by atoms with E-state index < -0.39 is 0 Å². The summed E-state index contributed by atoms with van der Waals surface area (Å²) in [6.45, 7) is 2.06. The number of methoxy groups -OCH3 is 1. The molecule has 1 heterocycles. The summed E-state index contributed by atoms with van der Waals surface area (Å²) in [5.41, 5.74) is 2.49. The van der Waals surface area contributed by atoms with Crippen molar-refractivity contribution >= 4 is 17.5 Å². The van der Waals surface area contributed by atoms with Crippen molar-refractivity contribution in [1.29, 1.82) is 0 Å². The smallest absolute Gasteiger partial charge is 0.254 e. The van der Waals surface area contributed by atoms with E-state index in [0.29, 0.717) is 17.3 Å². The third kappa shape index (κ3) is 4.58. The number of nitrogens with one attached hydrogen (secondary N) is 2. The van der Waals surface area contributed by atoms with Crippen molar-refractivity contribution in [3.63, 3.8) is 0 Å². The lowest BCUT2D eigenvalue weighted by Crippen LogP contribution is -2.23. The van der Waals surface area contributed by atoms with Gasteiger partial charge >= 0.3 is 0 Å². The number of rotatable bonds is 6. The Labute approximate surface area is 156 Å². The van der Waals surface area contributed by atoms with E-state index in [1.165, 1.54) is 18.5 Å². The maximum absolute atomic E-state index is 13.6. The number of hydrogen-bond donors (Lipinski definition) is 2. The van der Waals surface area contributed by atoms with Crippen LogP contribution in [0.2, 0.25) is 0 Å². The van der Waals surface area contributed by atoms with Gasteiger partial charge in [-0.05, 0) is 30.7 Å². The Morgan fingerprint density at radius 1 is 1.15 bits per heavy atom. The molecule has 0 radical (unpaired) electrons. The highest BCUT2D eigenvalue weighted by atomic mass is 19.1. The fraction of sp³-hybridized carbons (Fsp3) is 0.150. The van der Waals surface area contributed by atoms with E-state index in [9.17, 15) is 9.18 Å². The van der Waals surface area contributed by atoms with E-state index in [4.69, 9.17) is 4.74 Å². The molecule has 2 aromatic carbocycles. The van der Waals surface area contributed by atoms with Crippen LogP contribution in [-0.2, 0) is 6.54 Å². The van der Waals surface area contributed by atoms with Gasteiger partial charge in [0.15, 0.2) is 0 Å². The number of anilines is 2. The molecule has 2 N–H and O–H groups in total. The van der Waals surface area contributed by atoms with E-state index in [1.807, 2.05) is 25.1 Å². The Hall–Kier alpha value is -3.48. The Bertz CT molecular complexity index is 945. The standard InChI is InChI=1S/C20H19FN4O2/c1-13-7-8-18(27-2)17(9-13)25-20-23-11-15(12-24-20)19(26)22-10-14-5-3-4-6-16(14)21/h3-9,11-12H,10H2,1-2H3,(H,22,26)(H,23,24,25). The number of amides is 1. The van der Waals surface area contributed by atoms with Crippen molar-refractivity contribution in [3.05, 3.63) is 77.4 Å². The van der Waals surface area contributed by atoms with Crippen molar-refractivity contribution in [3.8, 4) is 5.75 Å². The molecule has 0 aliphatic rings. The van der Waals surface area contributed by atoms with E-state index in [1.54, 1.807) is 25.3 Å². The second-order valence-corrected chi connectivity index (χ2v) is 5.90. The van der Waals surface area contributed by atoms with Gasteiger partial charge in [0.05, 0.1) is 18.4 Å². The SMILES string of the molecule is COc1ccc(C)cc1Nc1ncc(C(=O)NCc2ccccc2F)cn1. The fourth-order valence-electron chi connectivity index (χ4n) is 2.47. The number of carbonyl (C=O) groups excluding carboxylic acids is 1. The second-order valence-electron chi connectivity index (χ2n) is 5.90. The number of aromatic nitrogens is 2. The molecule has 0 saturated carbocycles. The Morgan fingerprint density at radius 3 is 2.59 bits per heavy atom. The van der Waals surface area contributed by atoms with Crippen LogP contribution in [0.5, 0.6) is 5.75 Å². The molecule has 1 amide bonds. The molecule has 7 heteroatoms. The average Bonchev–Trinajstić information content (AvgIpc) is 2.68. The van der Waals surface area contributed by atoms with Gasteiger partial charge < -0.3 is 15.4 Å². The molecule has 0 fully saturated rings. The summed E-state index contributed by atoms with van der Waals surface area (Å²) in [5, 5.41) is 5.72. The number of ether oxygens (including phenoxy) is 1. The van der Waals surface area contributed by atoms with Crippen LogP contribution < -0.4 is 15.4 Å². The van der Waals surface area contributed by atoms with E-state index in [0.717, 1.165) is 11.3 Å². The van der Waals surface area contributed by atoms with Crippen molar-refractivity contribution in [2.75, 3.05) is 12.4 Å². The molecule has 3 aromatic rings. The number of hydrogen-bond acceptors (Lipinski definition) is 5. The summed E-state index contributed by atoms with van der Waals surface area (Å²) in [7, 11) is 1.58. The van der Waals surface area contributed by atoms with Gasteiger partial charge in [0, 0.05) is 24.5 Å². The third-order valence-electron chi connectivity index (χ3n) is 3.91. The number of aryl methyl sites for hydroxylation is 1. The largest absolute Gasteiger partial charge is 0.495 e. The predicted molar refractivity (Wildman–Crippen MR) is 101 cm³/mol. The van der Waals surface area contributed by atoms with Crippen LogP contribution >= 0.6 is 0 Å². The van der Waals surface area contributed by atoms with E-state index in [-0.39, 0.29) is 23.8 Å². The van der Waals surface area contributed by atoms with Crippen LogP contribution in [0.15, 0.2) is 54.9 Å². The van der Waals surface area contributed by atoms with Gasteiger partial charge in [-0.3, -0.25) is 4.79 Å². The Morgan fingerprint density at radius 2 is 1.89 bits per heavy atom. The summed E-state index contributed by atoms with van der Waals surface area (Å²) >= 11 is 0. The van der Waals surface area contributed by atoms with Gasteiger partial charge in [-0.25, -0.2) is 14.4 Å². The molecule has 6 nitrogen and oxygen atoms in total. The van der Waals surface area contributed by atoms with Crippen LogP contribution in [0.4, 0.5) is 16.0 Å². The van der Waals surface area contributed by atoms with Gasteiger partial charge in [-0.2, -0.15) is 0 Å². The first kappa shape index (κ1) is 18.3. The molecule has 27 heavy (non-hydrogen) atoms.